The molecule has 4 atom stereocenters. The van der Waals surface area contributed by atoms with Crippen LogP contribution in [0.15, 0.2) is 24.3 Å². The summed E-state index contributed by atoms with van der Waals surface area (Å²) >= 11 is 0. The maximum atomic E-state index is 10.5. The van der Waals surface area contributed by atoms with Gasteiger partial charge in [-0.25, -0.2) is 0 Å². The predicted molar refractivity (Wildman–Crippen MR) is 96.8 cm³/mol. The Bertz CT molecular complexity index is 402. The second-order valence-electron chi connectivity index (χ2n) is 6.91. The van der Waals surface area contributed by atoms with Gasteiger partial charge in [-0.15, -0.1) is 0 Å². The fraction of sp³-hybridized carbons (Fsp3) is 0.750. The second-order valence-corrected chi connectivity index (χ2v) is 6.91. The molecule has 3 N–H and O–H groups in total. The van der Waals surface area contributed by atoms with Crippen molar-refractivity contribution in [3.8, 4) is 0 Å². The van der Waals surface area contributed by atoms with E-state index in [2.05, 4.69) is 13.0 Å². The topological polar surface area (TPSA) is 77.8 Å². The Balaban J connectivity index is 2.36. The van der Waals surface area contributed by atoms with E-state index >= 15 is 0 Å². The van der Waals surface area contributed by atoms with Crippen LogP contribution in [0.3, 0.4) is 0 Å². The summed E-state index contributed by atoms with van der Waals surface area (Å²) in [5.41, 5.74) is 0. The van der Waals surface area contributed by atoms with Gasteiger partial charge in [0, 0.05) is 6.42 Å². The van der Waals surface area contributed by atoms with E-state index in [4.69, 9.17) is 5.11 Å². The summed E-state index contributed by atoms with van der Waals surface area (Å²) in [5, 5.41) is 28.8. The first kappa shape index (κ1) is 20.9. The van der Waals surface area contributed by atoms with Crippen molar-refractivity contribution in [2.75, 3.05) is 0 Å². The maximum Gasteiger partial charge on any atom is 0.303 e. The van der Waals surface area contributed by atoms with Crippen molar-refractivity contribution in [2.45, 2.75) is 83.3 Å². The standard InChI is InChI=1S/C20H34O4/c1-2-3-4-6-9-17(21)14-12-16-13-15-19(22)18(16)10-7-5-8-11-20(23)24/h5,7,12,14,16-19,21-22H,2-4,6,8-11,13,15H2,1H3,(H,23,24)/b7-5+,14-12+. The first-order chi connectivity index (χ1) is 11.5. The number of hydrogen-bond acceptors (Lipinski definition) is 3. The lowest BCUT2D eigenvalue weighted by molar-refractivity contribution is -0.136. The largest absolute Gasteiger partial charge is 0.481 e. The molecule has 0 aliphatic heterocycles. The van der Waals surface area contributed by atoms with Crippen LogP contribution in [0.1, 0.15) is 71.1 Å². The lowest BCUT2D eigenvalue weighted by Crippen LogP contribution is -2.17. The Morgan fingerprint density at radius 2 is 2.00 bits per heavy atom. The molecule has 0 aromatic carbocycles. The monoisotopic (exact) mass is 338 g/mol. The Morgan fingerprint density at radius 3 is 2.71 bits per heavy atom. The number of carboxylic acids is 1. The zero-order valence-corrected chi connectivity index (χ0v) is 14.9. The van der Waals surface area contributed by atoms with Gasteiger partial charge in [0.25, 0.3) is 0 Å². The van der Waals surface area contributed by atoms with Gasteiger partial charge in [0.15, 0.2) is 0 Å². The molecule has 138 valence electrons. The highest BCUT2D eigenvalue weighted by molar-refractivity contribution is 5.66. The van der Waals surface area contributed by atoms with E-state index in [1.165, 1.54) is 19.3 Å². The zero-order chi connectivity index (χ0) is 17.8. The highest BCUT2D eigenvalue weighted by atomic mass is 16.4. The molecule has 1 fully saturated rings. The van der Waals surface area contributed by atoms with E-state index < -0.39 is 5.97 Å². The molecule has 0 aromatic rings. The minimum atomic E-state index is -0.783. The van der Waals surface area contributed by atoms with E-state index in [0.717, 1.165) is 32.1 Å². The van der Waals surface area contributed by atoms with Crippen LogP contribution in [-0.4, -0.2) is 33.5 Å². The molecule has 0 saturated heterocycles. The number of carbonyl (C=O) groups is 1. The predicted octanol–water partition coefficient (Wildman–Crippen LogP) is 4.07. The molecule has 1 aliphatic carbocycles. The van der Waals surface area contributed by atoms with Gasteiger partial charge >= 0.3 is 5.97 Å². The maximum absolute atomic E-state index is 10.5. The summed E-state index contributed by atoms with van der Waals surface area (Å²) in [6.45, 7) is 2.18. The van der Waals surface area contributed by atoms with E-state index in [9.17, 15) is 15.0 Å². The number of aliphatic carboxylic acids is 1. The zero-order valence-electron chi connectivity index (χ0n) is 14.9. The number of aliphatic hydroxyl groups excluding tert-OH is 2. The Labute approximate surface area is 146 Å². The number of carboxylic acid groups (broad SMARTS) is 1. The lowest BCUT2D eigenvalue weighted by atomic mass is 9.90. The van der Waals surface area contributed by atoms with Gasteiger partial charge in [-0.05, 0) is 43.9 Å². The van der Waals surface area contributed by atoms with Crippen molar-refractivity contribution < 1.29 is 20.1 Å². The molecule has 4 unspecified atom stereocenters. The molecule has 24 heavy (non-hydrogen) atoms. The summed E-state index contributed by atoms with van der Waals surface area (Å²) in [5.74, 6) is -0.307. The number of allylic oxidation sites excluding steroid dienone is 3. The number of unbranched alkanes of at least 4 members (excludes halogenated alkanes) is 3. The van der Waals surface area contributed by atoms with E-state index in [-0.39, 0.29) is 24.5 Å². The van der Waals surface area contributed by atoms with Crippen molar-refractivity contribution in [3.05, 3.63) is 24.3 Å². The van der Waals surface area contributed by atoms with Crippen LogP contribution in [0.4, 0.5) is 0 Å². The third-order valence-electron chi connectivity index (χ3n) is 4.87. The Kier molecular flexibility index (Phi) is 10.7. The van der Waals surface area contributed by atoms with E-state index in [1.54, 1.807) is 0 Å². The van der Waals surface area contributed by atoms with Crippen LogP contribution in [-0.2, 0) is 4.79 Å². The minimum absolute atomic E-state index is 0.150. The molecule has 0 heterocycles. The van der Waals surface area contributed by atoms with E-state index in [1.807, 2.05) is 18.2 Å². The second kappa shape index (κ2) is 12.3. The molecule has 0 aromatic heterocycles. The number of rotatable bonds is 12. The lowest BCUT2D eigenvalue weighted by Gasteiger charge is -2.18. The van der Waals surface area contributed by atoms with Gasteiger partial charge in [-0.2, -0.15) is 0 Å². The molecule has 0 bridgehead atoms. The average Bonchev–Trinajstić information content (AvgIpc) is 2.89. The van der Waals surface area contributed by atoms with Gasteiger partial charge in [0.1, 0.15) is 0 Å². The van der Waals surface area contributed by atoms with Crippen LogP contribution >= 0.6 is 0 Å². The van der Waals surface area contributed by atoms with Crippen LogP contribution in [0, 0.1) is 11.8 Å². The van der Waals surface area contributed by atoms with Crippen LogP contribution < -0.4 is 0 Å². The Hall–Kier alpha value is -1.13. The van der Waals surface area contributed by atoms with E-state index in [0.29, 0.717) is 12.3 Å². The van der Waals surface area contributed by atoms with Crippen molar-refractivity contribution in [2.24, 2.45) is 11.8 Å². The smallest absolute Gasteiger partial charge is 0.303 e. The molecule has 0 spiro atoms. The summed E-state index contributed by atoms with van der Waals surface area (Å²) in [6.07, 6.45) is 15.9. The molecule has 4 heteroatoms. The van der Waals surface area contributed by atoms with Crippen LogP contribution in [0.2, 0.25) is 0 Å². The molecule has 1 rings (SSSR count). The minimum Gasteiger partial charge on any atom is -0.481 e. The molecular formula is C20H34O4. The number of aliphatic hydroxyl groups is 2. The normalized spacial score (nSPS) is 25.7. The molecule has 1 aliphatic rings. The SMILES string of the molecule is CCCCCCC(O)/C=C/C1CCC(O)C1C/C=C/CCC(=O)O. The summed E-state index contributed by atoms with van der Waals surface area (Å²) < 4.78 is 0. The van der Waals surface area contributed by atoms with Crippen molar-refractivity contribution >= 4 is 5.97 Å². The van der Waals surface area contributed by atoms with Crippen molar-refractivity contribution in [1.82, 2.24) is 0 Å². The fourth-order valence-corrected chi connectivity index (χ4v) is 3.37. The molecule has 0 amide bonds. The highest BCUT2D eigenvalue weighted by Gasteiger charge is 2.32. The highest BCUT2D eigenvalue weighted by Crippen LogP contribution is 2.36. The molecule has 0 radical (unpaired) electrons. The van der Waals surface area contributed by atoms with Crippen molar-refractivity contribution in [3.63, 3.8) is 0 Å². The third-order valence-corrected chi connectivity index (χ3v) is 4.87. The van der Waals surface area contributed by atoms with Crippen LogP contribution in [0.5, 0.6) is 0 Å². The van der Waals surface area contributed by atoms with Gasteiger partial charge in [-0.1, -0.05) is 56.9 Å². The molecular weight excluding hydrogens is 304 g/mol. The summed E-state index contributed by atoms with van der Waals surface area (Å²) in [6, 6.07) is 0. The molecule has 1 saturated carbocycles. The first-order valence-electron chi connectivity index (χ1n) is 9.45. The molecule has 4 nitrogen and oxygen atoms in total. The summed E-state index contributed by atoms with van der Waals surface area (Å²) in [4.78, 5) is 10.5. The average molecular weight is 338 g/mol. The quantitative estimate of drug-likeness (QED) is 0.370. The fourth-order valence-electron chi connectivity index (χ4n) is 3.37. The summed E-state index contributed by atoms with van der Waals surface area (Å²) in [7, 11) is 0. The number of hydrogen-bond donors (Lipinski definition) is 3. The third kappa shape index (κ3) is 8.65. The van der Waals surface area contributed by atoms with Crippen molar-refractivity contribution in [1.29, 1.82) is 0 Å². The Morgan fingerprint density at radius 1 is 1.21 bits per heavy atom. The van der Waals surface area contributed by atoms with Crippen LogP contribution in [0.25, 0.3) is 0 Å². The van der Waals surface area contributed by atoms with Gasteiger partial charge in [0.05, 0.1) is 12.2 Å². The first-order valence-corrected chi connectivity index (χ1v) is 9.45. The van der Waals surface area contributed by atoms with Gasteiger partial charge in [0.2, 0.25) is 0 Å². The van der Waals surface area contributed by atoms with Gasteiger partial charge < -0.3 is 15.3 Å². The van der Waals surface area contributed by atoms with Gasteiger partial charge in [-0.3, -0.25) is 4.79 Å².